The minimum atomic E-state index is -4.46. The Morgan fingerprint density at radius 2 is 1.50 bits per heavy atom. The van der Waals surface area contributed by atoms with Crippen molar-refractivity contribution in [1.29, 1.82) is 0 Å². The maximum Gasteiger partial charge on any atom is 0.416 e. The van der Waals surface area contributed by atoms with E-state index in [1.54, 1.807) is 18.2 Å². The van der Waals surface area contributed by atoms with Gasteiger partial charge in [0.15, 0.2) is 11.5 Å². The number of benzene rings is 3. The van der Waals surface area contributed by atoms with Gasteiger partial charge in [-0.3, -0.25) is 0 Å². The molecule has 9 heteroatoms. The number of urea groups is 1. The highest BCUT2D eigenvalue weighted by Crippen LogP contribution is 2.30. The molecule has 0 aromatic heterocycles. The number of ether oxygens (including phenoxy) is 2. The molecule has 0 fully saturated rings. The van der Waals surface area contributed by atoms with Crippen LogP contribution < -0.4 is 14.8 Å². The van der Waals surface area contributed by atoms with Gasteiger partial charge < -0.3 is 19.7 Å². The molecule has 0 spiro atoms. The summed E-state index contributed by atoms with van der Waals surface area (Å²) in [7, 11) is 3.06. The maximum atomic E-state index is 13.3. The molecule has 0 radical (unpaired) electrons. The molecule has 180 valence electrons. The average Bonchev–Trinajstić information content (AvgIpc) is 2.82. The van der Waals surface area contributed by atoms with Crippen LogP contribution in [0.5, 0.6) is 11.5 Å². The molecular weight excluding hydrogens is 452 g/mol. The maximum absolute atomic E-state index is 13.3. The molecule has 0 saturated carbocycles. The van der Waals surface area contributed by atoms with E-state index in [9.17, 15) is 22.4 Å². The van der Waals surface area contributed by atoms with Gasteiger partial charge in [-0.2, -0.15) is 13.2 Å². The molecule has 2 amide bonds. The summed E-state index contributed by atoms with van der Waals surface area (Å²) in [5.41, 5.74) is 1.02. The van der Waals surface area contributed by atoms with Gasteiger partial charge >= 0.3 is 12.2 Å². The molecule has 0 aliphatic heterocycles. The van der Waals surface area contributed by atoms with Gasteiger partial charge in [-0.05, 0) is 66.1 Å². The number of carbonyl (C=O) groups is 1. The van der Waals surface area contributed by atoms with Crippen LogP contribution in [0, 0.1) is 5.82 Å². The lowest BCUT2D eigenvalue weighted by Gasteiger charge is -2.24. The van der Waals surface area contributed by atoms with Gasteiger partial charge in [0.05, 0.1) is 19.8 Å². The molecule has 0 heterocycles. The molecule has 0 aliphatic rings. The van der Waals surface area contributed by atoms with E-state index in [-0.39, 0.29) is 12.2 Å². The minimum Gasteiger partial charge on any atom is -0.493 e. The van der Waals surface area contributed by atoms with Gasteiger partial charge in [-0.25, -0.2) is 9.18 Å². The number of halogens is 4. The lowest BCUT2D eigenvalue weighted by molar-refractivity contribution is -0.137. The highest BCUT2D eigenvalue weighted by atomic mass is 19.4. The van der Waals surface area contributed by atoms with E-state index in [0.29, 0.717) is 30.0 Å². The molecule has 3 aromatic carbocycles. The van der Waals surface area contributed by atoms with Crippen LogP contribution in [0.2, 0.25) is 0 Å². The van der Waals surface area contributed by atoms with E-state index in [2.05, 4.69) is 5.32 Å². The van der Waals surface area contributed by atoms with Crippen LogP contribution in [0.1, 0.15) is 16.7 Å². The van der Waals surface area contributed by atoms with Crippen molar-refractivity contribution in [1.82, 2.24) is 4.90 Å². The third-order valence-corrected chi connectivity index (χ3v) is 5.16. The van der Waals surface area contributed by atoms with Gasteiger partial charge in [0.2, 0.25) is 0 Å². The Kier molecular flexibility index (Phi) is 7.99. The Labute approximate surface area is 194 Å². The number of hydrogen-bond donors (Lipinski definition) is 1. The van der Waals surface area contributed by atoms with Crippen LogP contribution in [0.15, 0.2) is 66.7 Å². The monoisotopic (exact) mass is 476 g/mol. The molecule has 3 rings (SSSR count). The molecule has 0 saturated heterocycles. The first kappa shape index (κ1) is 24.9. The first-order valence-corrected chi connectivity index (χ1v) is 10.4. The van der Waals surface area contributed by atoms with Crippen molar-refractivity contribution in [2.45, 2.75) is 19.1 Å². The van der Waals surface area contributed by atoms with Gasteiger partial charge in [0.25, 0.3) is 0 Å². The quantitative estimate of drug-likeness (QED) is 0.398. The van der Waals surface area contributed by atoms with E-state index in [1.807, 2.05) is 12.1 Å². The number of anilines is 1. The summed E-state index contributed by atoms with van der Waals surface area (Å²) in [6.45, 7) is 0.472. The van der Waals surface area contributed by atoms with E-state index >= 15 is 0 Å². The largest absolute Gasteiger partial charge is 0.493 e. The lowest BCUT2D eigenvalue weighted by atomic mass is 10.1. The fourth-order valence-electron chi connectivity index (χ4n) is 3.31. The molecule has 0 aliphatic carbocycles. The Morgan fingerprint density at radius 3 is 2.09 bits per heavy atom. The number of rotatable bonds is 8. The summed E-state index contributed by atoms with van der Waals surface area (Å²) < 4.78 is 62.3. The zero-order valence-corrected chi connectivity index (χ0v) is 18.7. The second-order valence-corrected chi connectivity index (χ2v) is 7.49. The SMILES string of the molecule is COc1ccc(CCN(Cc2ccc(F)cc2)C(=O)Nc2ccc(C(F)(F)F)cc2)cc1OC. The molecule has 1 N–H and O–H groups in total. The number of alkyl halides is 3. The molecule has 0 unspecified atom stereocenters. The molecular formula is C25H24F4N2O3. The van der Waals surface area contributed by atoms with Crippen LogP contribution in [-0.2, 0) is 19.1 Å². The Balaban J connectivity index is 1.76. The predicted octanol–water partition coefficient (Wildman–Crippen LogP) is 6.14. The molecule has 34 heavy (non-hydrogen) atoms. The van der Waals surface area contributed by atoms with Crippen molar-refractivity contribution in [3.63, 3.8) is 0 Å². The average molecular weight is 476 g/mol. The fourth-order valence-corrected chi connectivity index (χ4v) is 3.31. The third-order valence-electron chi connectivity index (χ3n) is 5.16. The zero-order chi connectivity index (χ0) is 24.7. The third kappa shape index (κ3) is 6.63. The topological polar surface area (TPSA) is 50.8 Å². The summed E-state index contributed by atoms with van der Waals surface area (Å²) >= 11 is 0. The summed E-state index contributed by atoms with van der Waals surface area (Å²) in [5, 5.41) is 2.63. The number of nitrogens with zero attached hydrogens (tertiary/aromatic N) is 1. The Bertz CT molecular complexity index is 1100. The number of nitrogens with one attached hydrogen (secondary N) is 1. The first-order valence-electron chi connectivity index (χ1n) is 10.4. The summed E-state index contributed by atoms with van der Waals surface area (Å²) in [4.78, 5) is 14.5. The minimum absolute atomic E-state index is 0.181. The normalized spacial score (nSPS) is 11.1. The van der Waals surface area contributed by atoms with Crippen molar-refractivity contribution in [3.8, 4) is 11.5 Å². The van der Waals surface area contributed by atoms with Gasteiger partial charge in [-0.15, -0.1) is 0 Å². The lowest BCUT2D eigenvalue weighted by Crippen LogP contribution is -2.36. The summed E-state index contributed by atoms with van der Waals surface area (Å²) in [5.74, 6) is 0.739. The second-order valence-electron chi connectivity index (χ2n) is 7.49. The van der Waals surface area contributed by atoms with Crippen LogP contribution in [0.3, 0.4) is 0 Å². The van der Waals surface area contributed by atoms with E-state index in [0.717, 1.165) is 17.7 Å². The van der Waals surface area contributed by atoms with Crippen molar-refractivity contribution in [2.24, 2.45) is 0 Å². The molecule has 0 bridgehead atoms. The smallest absolute Gasteiger partial charge is 0.416 e. The van der Waals surface area contributed by atoms with E-state index in [1.165, 1.54) is 43.4 Å². The summed E-state index contributed by atoms with van der Waals surface area (Å²) in [6, 6.07) is 14.9. The first-order chi connectivity index (χ1) is 16.2. The zero-order valence-electron chi connectivity index (χ0n) is 18.7. The molecule has 0 atom stereocenters. The van der Waals surface area contributed by atoms with Gasteiger partial charge in [-0.1, -0.05) is 18.2 Å². The number of hydrogen-bond acceptors (Lipinski definition) is 3. The predicted molar refractivity (Wildman–Crippen MR) is 121 cm³/mol. The number of methoxy groups -OCH3 is 2. The number of carbonyl (C=O) groups excluding carboxylic acids is 1. The second kappa shape index (κ2) is 10.9. The number of amides is 2. The van der Waals surface area contributed by atoms with Crippen molar-refractivity contribution >= 4 is 11.7 Å². The van der Waals surface area contributed by atoms with Crippen molar-refractivity contribution in [2.75, 3.05) is 26.1 Å². The van der Waals surface area contributed by atoms with Crippen LogP contribution >= 0.6 is 0 Å². The highest BCUT2D eigenvalue weighted by molar-refractivity contribution is 5.89. The van der Waals surface area contributed by atoms with Crippen LogP contribution in [0.4, 0.5) is 28.0 Å². The fraction of sp³-hybridized carbons (Fsp3) is 0.240. The van der Waals surface area contributed by atoms with Crippen LogP contribution in [-0.4, -0.2) is 31.7 Å². The van der Waals surface area contributed by atoms with Crippen molar-refractivity contribution in [3.05, 3.63) is 89.2 Å². The highest BCUT2D eigenvalue weighted by Gasteiger charge is 2.30. The summed E-state index contributed by atoms with van der Waals surface area (Å²) in [6.07, 6.45) is -3.99. The van der Waals surface area contributed by atoms with Gasteiger partial charge in [0, 0.05) is 18.8 Å². The standard InChI is InChI=1S/C25H24F4N2O3/c1-33-22-12-5-17(15-23(22)34-2)13-14-31(16-18-3-8-20(26)9-4-18)24(32)30-21-10-6-19(7-11-21)25(27,28)29/h3-12,15H,13-14,16H2,1-2H3,(H,30,32). The van der Waals surface area contributed by atoms with Crippen LogP contribution in [0.25, 0.3) is 0 Å². The van der Waals surface area contributed by atoms with Gasteiger partial charge in [0.1, 0.15) is 5.82 Å². The Hall–Kier alpha value is -3.75. The molecule has 5 nitrogen and oxygen atoms in total. The van der Waals surface area contributed by atoms with E-state index in [4.69, 9.17) is 9.47 Å². The van der Waals surface area contributed by atoms with E-state index < -0.39 is 23.6 Å². The molecule has 3 aromatic rings. The van der Waals surface area contributed by atoms with Crippen molar-refractivity contribution < 1.29 is 31.8 Å². The Morgan fingerprint density at radius 1 is 0.882 bits per heavy atom.